The molecule has 14 heteroatoms. The van der Waals surface area contributed by atoms with Crippen LogP contribution in [0.25, 0.3) is 11.5 Å². The molecule has 2 aromatic rings. The summed E-state index contributed by atoms with van der Waals surface area (Å²) in [5.74, 6) is -0.625. The molecule has 1 saturated heterocycles. The van der Waals surface area contributed by atoms with Crippen LogP contribution in [0.15, 0.2) is 22.6 Å². The van der Waals surface area contributed by atoms with Crippen LogP contribution in [0.1, 0.15) is 61.8 Å². The lowest BCUT2D eigenvalue weighted by Crippen LogP contribution is -2.40. The van der Waals surface area contributed by atoms with Crippen LogP contribution in [0.4, 0.5) is 13.6 Å². The summed E-state index contributed by atoms with van der Waals surface area (Å²) in [6, 6.07) is 2.42. The fourth-order valence-electron chi connectivity index (χ4n) is 4.59. The van der Waals surface area contributed by atoms with E-state index < -0.39 is 42.7 Å². The molecule has 0 bridgehead atoms. The van der Waals surface area contributed by atoms with Gasteiger partial charge in [0.25, 0.3) is 5.91 Å². The summed E-state index contributed by atoms with van der Waals surface area (Å²) in [5, 5.41) is 2.66. The number of alkyl carbamates (subject to hydrolysis) is 1. The molecule has 1 saturated carbocycles. The Morgan fingerprint density at radius 1 is 1.24 bits per heavy atom. The number of oxazole rings is 1. The first-order chi connectivity index (χ1) is 19.6. The molecule has 2 heterocycles. The van der Waals surface area contributed by atoms with Gasteiger partial charge in [-0.15, -0.1) is 0 Å². The minimum atomic E-state index is -3.04. The van der Waals surface area contributed by atoms with Gasteiger partial charge in [0.05, 0.1) is 38.8 Å². The van der Waals surface area contributed by atoms with Crippen LogP contribution < -0.4 is 20.5 Å². The molecule has 0 unspecified atom stereocenters. The van der Waals surface area contributed by atoms with Gasteiger partial charge < -0.3 is 39.3 Å². The molecule has 1 aliphatic carbocycles. The van der Waals surface area contributed by atoms with E-state index in [1.165, 1.54) is 30.2 Å². The van der Waals surface area contributed by atoms with Gasteiger partial charge in [0.15, 0.2) is 23.0 Å². The van der Waals surface area contributed by atoms with E-state index in [0.717, 1.165) is 12.8 Å². The number of benzene rings is 1. The van der Waals surface area contributed by atoms with Crippen molar-refractivity contribution in [3.05, 3.63) is 29.7 Å². The Balaban J connectivity index is 1.63. The number of carbonyl (C=O) groups is 3. The molecular formula is C27H34F2N4O8. The number of rotatable bonds is 12. The number of nitrogens with zero attached hydrogens (tertiary/aromatic N) is 2. The minimum absolute atomic E-state index is 0.0193. The van der Waals surface area contributed by atoms with Crippen molar-refractivity contribution < 1.29 is 46.5 Å². The third kappa shape index (κ3) is 7.63. The summed E-state index contributed by atoms with van der Waals surface area (Å²) >= 11 is 0. The van der Waals surface area contributed by atoms with Crippen LogP contribution in [0, 0.1) is 5.92 Å². The van der Waals surface area contributed by atoms with Gasteiger partial charge in [0.1, 0.15) is 0 Å². The first-order valence-corrected chi connectivity index (χ1v) is 13.4. The molecule has 12 nitrogen and oxygen atoms in total. The summed E-state index contributed by atoms with van der Waals surface area (Å²) in [4.78, 5) is 43.8. The van der Waals surface area contributed by atoms with E-state index in [0.29, 0.717) is 18.1 Å². The Morgan fingerprint density at radius 2 is 2.00 bits per heavy atom. The van der Waals surface area contributed by atoms with Crippen molar-refractivity contribution >= 4 is 18.0 Å². The van der Waals surface area contributed by atoms with E-state index in [-0.39, 0.29) is 54.8 Å². The predicted molar refractivity (Wildman–Crippen MR) is 139 cm³/mol. The largest absolute Gasteiger partial charge is 0.489 e. The van der Waals surface area contributed by atoms with Gasteiger partial charge in [-0.25, -0.2) is 9.78 Å². The summed E-state index contributed by atoms with van der Waals surface area (Å²) in [6.45, 7) is 0.862. The van der Waals surface area contributed by atoms with Gasteiger partial charge >= 0.3 is 18.7 Å². The topological polar surface area (TPSA) is 155 Å². The zero-order valence-electron chi connectivity index (χ0n) is 23.1. The Kier molecular flexibility index (Phi) is 9.63. The number of nitrogens with two attached hydrogens (primary N) is 1. The maximum absolute atomic E-state index is 13.8. The first kappa shape index (κ1) is 30.0. The molecule has 1 aromatic carbocycles. The zero-order chi connectivity index (χ0) is 29.7. The molecule has 3 N–H and O–H groups in total. The highest BCUT2D eigenvalue weighted by Crippen LogP contribution is 2.37. The number of alkyl halides is 2. The summed E-state index contributed by atoms with van der Waals surface area (Å²) < 4.78 is 51.9. The Bertz CT molecular complexity index is 1250. The van der Waals surface area contributed by atoms with Gasteiger partial charge in [0.2, 0.25) is 5.89 Å². The number of likely N-dealkylation sites (tertiary alicyclic amines) is 1. The fourth-order valence-corrected chi connectivity index (χ4v) is 4.59. The number of nitrogens with one attached hydrogen (secondary N) is 1. The zero-order valence-corrected chi connectivity index (χ0v) is 23.1. The maximum Gasteiger partial charge on any atom is 0.407 e. The fraction of sp³-hybridized carbons (Fsp3) is 0.556. The van der Waals surface area contributed by atoms with Crippen LogP contribution >= 0.6 is 0 Å². The van der Waals surface area contributed by atoms with Crippen LogP contribution in [-0.2, 0) is 14.3 Å². The summed E-state index contributed by atoms with van der Waals surface area (Å²) in [5.41, 5.74) is 6.41. The molecule has 0 radical (unpaired) electrons. The number of hydrogen-bond acceptors (Lipinski definition) is 10. The predicted octanol–water partition coefficient (Wildman–Crippen LogP) is 3.64. The van der Waals surface area contributed by atoms with Crippen molar-refractivity contribution in [3.8, 4) is 23.0 Å². The molecule has 0 spiro atoms. The highest BCUT2D eigenvalue weighted by molar-refractivity contribution is 5.95. The van der Waals surface area contributed by atoms with Gasteiger partial charge in [-0.3, -0.25) is 9.59 Å². The number of methoxy groups -OCH3 is 1. The molecule has 4 rings (SSSR count). The molecule has 2 fully saturated rings. The van der Waals surface area contributed by atoms with Gasteiger partial charge in [-0.1, -0.05) is 0 Å². The van der Waals surface area contributed by atoms with E-state index in [2.05, 4.69) is 19.8 Å². The second-order valence-corrected chi connectivity index (χ2v) is 10.0. The van der Waals surface area contributed by atoms with Crippen molar-refractivity contribution in [2.45, 2.75) is 64.3 Å². The third-order valence-corrected chi connectivity index (χ3v) is 6.74. The second-order valence-electron chi connectivity index (χ2n) is 10.0. The monoisotopic (exact) mass is 580 g/mol. The molecule has 224 valence electrons. The van der Waals surface area contributed by atoms with Gasteiger partial charge in [-0.05, 0) is 57.2 Å². The van der Waals surface area contributed by atoms with Crippen molar-refractivity contribution in [2.24, 2.45) is 11.7 Å². The molecule has 1 aliphatic heterocycles. The first-order valence-electron chi connectivity index (χ1n) is 13.4. The third-order valence-electron chi connectivity index (χ3n) is 6.74. The molecule has 1 aromatic heterocycles. The lowest BCUT2D eigenvalue weighted by Gasteiger charge is -2.23. The standard InChI is InChI=1S/C27H34F2N4O8/c1-4-38-21(34)11-18-10-17(31-27(36)37-3)12-33(18)25(35)22-23(14(2)30)41-24(32-22)16-7-8-19(40-26(28)29)20(9-16)39-13-15-5-6-15/h7-9,14-15,17-18,26H,4-6,10-13,30H2,1-3H3,(H,31,36)/t14-,17+,18-/m0/s1. The molecular weight excluding hydrogens is 546 g/mol. The van der Waals surface area contributed by atoms with Gasteiger partial charge in [-0.2, -0.15) is 8.78 Å². The number of halogens is 2. The smallest absolute Gasteiger partial charge is 0.407 e. The lowest BCUT2D eigenvalue weighted by atomic mass is 10.1. The highest BCUT2D eigenvalue weighted by atomic mass is 19.3. The van der Waals surface area contributed by atoms with E-state index in [4.69, 9.17) is 19.6 Å². The Hall–Kier alpha value is -3.94. The van der Waals surface area contributed by atoms with E-state index in [1.807, 2.05) is 0 Å². The van der Waals surface area contributed by atoms with Crippen molar-refractivity contribution in [2.75, 3.05) is 26.9 Å². The van der Waals surface area contributed by atoms with Gasteiger partial charge in [0, 0.05) is 18.2 Å². The molecule has 2 aliphatic rings. The van der Waals surface area contributed by atoms with Crippen LogP contribution in [0.2, 0.25) is 0 Å². The number of aromatic nitrogens is 1. The highest BCUT2D eigenvalue weighted by Gasteiger charge is 2.40. The van der Waals surface area contributed by atoms with Crippen LogP contribution in [0.3, 0.4) is 0 Å². The van der Waals surface area contributed by atoms with E-state index in [1.54, 1.807) is 13.8 Å². The normalized spacial score (nSPS) is 19.1. The summed E-state index contributed by atoms with van der Waals surface area (Å²) in [7, 11) is 1.23. The quantitative estimate of drug-likeness (QED) is 0.356. The van der Waals surface area contributed by atoms with E-state index >= 15 is 0 Å². The van der Waals surface area contributed by atoms with Crippen molar-refractivity contribution in [3.63, 3.8) is 0 Å². The molecule has 41 heavy (non-hydrogen) atoms. The Morgan fingerprint density at radius 3 is 2.63 bits per heavy atom. The number of ether oxygens (including phenoxy) is 4. The SMILES string of the molecule is CCOC(=O)C[C@@H]1C[C@@H](NC(=O)OC)CN1C(=O)c1nc(-c2ccc(OC(F)F)c(OCC3CC3)c2)oc1[C@H](C)N. The number of hydrogen-bond donors (Lipinski definition) is 2. The Labute approximate surface area is 235 Å². The lowest BCUT2D eigenvalue weighted by molar-refractivity contribution is -0.144. The minimum Gasteiger partial charge on any atom is -0.489 e. The average molecular weight is 581 g/mol. The molecule has 2 amide bonds. The van der Waals surface area contributed by atoms with Crippen LogP contribution in [0.5, 0.6) is 11.5 Å². The van der Waals surface area contributed by atoms with Crippen LogP contribution in [-0.4, -0.2) is 73.4 Å². The second kappa shape index (κ2) is 13.1. The number of amides is 2. The number of carbonyl (C=O) groups excluding carboxylic acids is 3. The van der Waals surface area contributed by atoms with E-state index in [9.17, 15) is 23.2 Å². The number of esters is 1. The molecule has 3 atom stereocenters. The maximum atomic E-state index is 13.8. The van der Waals surface area contributed by atoms with Crippen molar-refractivity contribution in [1.29, 1.82) is 0 Å². The van der Waals surface area contributed by atoms with Crippen molar-refractivity contribution in [1.82, 2.24) is 15.2 Å². The summed E-state index contributed by atoms with van der Waals surface area (Å²) in [6.07, 6.45) is 1.52. The average Bonchev–Trinajstić information content (AvgIpc) is 3.51.